The van der Waals surface area contributed by atoms with E-state index >= 15 is 0 Å². The van der Waals surface area contributed by atoms with E-state index in [0.717, 1.165) is 13.0 Å². The third-order valence-electron chi connectivity index (χ3n) is 3.07. The van der Waals surface area contributed by atoms with Crippen molar-refractivity contribution in [2.45, 2.75) is 33.6 Å². The zero-order chi connectivity index (χ0) is 12.8. The molecule has 1 aromatic rings. The molecule has 0 bridgehead atoms. The third-order valence-corrected chi connectivity index (χ3v) is 3.07. The van der Waals surface area contributed by atoms with Crippen LogP contribution in [0.5, 0.6) is 0 Å². The molecule has 0 amide bonds. The lowest BCUT2D eigenvalue weighted by Crippen LogP contribution is -2.27. The molecule has 0 heterocycles. The van der Waals surface area contributed by atoms with E-state index in [1.54, 1.807) is 0 Å². The van der Waals surface area contributed by atoms with Gasteiger partial charge in [-0.1, -0.05) is 25.1 Å². The van der Waals surface area contributed by atoms with E-state index in [4.69, 9.17) is 0 Å². The van der Waals surface area contributed by atoms with Crippen LogP contribution >= 0.6 is 0 Å². The van der Waals surface area contributed by atoms with E-state index in [-0.39, 0.29) is 0 Å². The number of hydrogen-bond donors (Lipinski definition) is 0. The molecule has 0 fully saturated rings. The molecule has 0 aliphatic rings. The summed E-state index contributed by atoms with van der Waals surface area (Å²) in [5, 5.41) is 0. The minimum Gasteiger partial charge on any atom is -0.299 e. The van der Waals surface area contributed by atoms with Gasteiger partial charge in [0.2, 0.25) is 0 Å². The molecule has 0 saturated carbocycles. The first-order valence-corrected chi connectivity index (χ1v) is 6.30. The molecule has 0 aliphatic heterocycles. The van der Waals surface area contributed by atoms with Crippen LogP contribution in [-0.2, 0) is 11.2 Å². The molecule has 17 heavy (non-hydrogen) atoms. The summed E-state index contributed by atoms with van der Waals surface area (Å²) in [5.41, 5.74) is 3.63. The fraction of sp³-hybridized carbons (Fsp3) is 0.533. The number of likely N-dealkylation sites (N-methyl/N-ethyl adjacent to an activating group) is 1. The molecule has 1 aromatic carbocycles. The Hall–Kier alpha value is -1.15. The molecule has 0 N–H and O–H groups in total. The highest BCUT2D eigenvalue weighted by Crippen LogP contribution is 2.14. The first kappa shape index (κ1) is 13.9. The SMILES string of the molecule is CCCN(C)CC(=O)Cc1c(C)cccc1C. The predicted octanol–water partition coefficient (Wildman–Crippen LogP) is 2.76. The lowest BCUT2D eigenvalue weighted by Gasteiger charge is -2.15. The second-order valence-corrected chi connectivity index (χ2v) is 4.82. The van der Waals surface area contributed by atoms with E-state index in [1.165, 1.54) is 16.7 Å². The zero-order valence-corrected chi connectivity index (χ0v) is 11.4. The van der Waals surface area contributed by atoms with Gasteiger partial charge in [-0.25, -0.2) is 0 Å². The predicted molar refractivity (Wildman–Crippen MR) is 72.4 cm³/mol. The molecular weight excluding hydrogens is 210 g/mol. The average molecular weight is 233 g/mol. The normalized spacial score (nSPS) is 10.9. The molecule has 2 heteroatoms. The molecule has 0 aliphatic carbocycles. The topological polar surface area (TPSA) is 20.3 Å². The number of carbonyl (C=O) groups excluding carboxylic acids is 1. The minimum absolute atomic E-state index is 0.304. The number of hydrogen-bond acceptors (Lipinski definition) is 2. The quantitative estimate of drug-likeness (QED) is 0.753. The summed E-state index contributed by atoms with van der Waals surface area (Å²) in [6.45, 7) is 7.82. The maximum Gasteiger partial charge on any atom is 0.151 e. The molecule has 2 nitrogen and oxygen atoms in total. The summed E-state index contributed by atoms with van der Waals surface area (Å²) in [6, 6.07) is 6.19. The highest BCUT2D eigenvalue weighted by atomic mass is 16.1. The van der Waals surface area contributed by atoms with Crippen molar-refractivity contribution in [2.75, 3.05) is 20.1 Å². The first-order chi connectivity index (χ1) is 8.04. The van der Waals surface area contributed by atoms with E-state index in [2.05, 4.69) is 37.8 Å². The van der Waals surface area contributed by atoms with Crippen molar-refractivity contribution in [3.8, 4) is 0 Å². The fourth-order valence-corrected chi connectivity index (χ4v) is 2.14. The van der Waals surface area contributed by atoms with Gasteiger partial charge in [0.25, 0.3) is 0 Å². The van der Waals surface area contributed by atoms with Crippen molar-refractivity contribution in [2.24, 2.45) is 0 Å². The highest BCUT2D eigenvalue weighted by molar-refractivity contribution is 5.83. The first-order valence-electron chi connectivity index (χ1n) is 6.30. The molecule has 0 radical (unpaired) electrons. The monoisotopic (exact) mass is 233 g/mol. The number of nitrogens with zero attached hydrogens (tertiary/aromatic N) is 1. The van der Waals surface area contributed by atoms with Crippen LogP contribution in [0.1, 0.15) is 30.0 Å². The summed E-state index contributed by atoms with van der Waals surface area (Å²) in [5.74, 6) is 0.304. The van der Waals surface area contributed by atoms with Gasteiger partial charge in [0, 0.05) is 6.42 Å². The van der Waals surface area contributed by atoms with Crippen molar-refractivity contribution in [3.05, 3.63) is 34.9 Å². The van der Waals surface area contributed by atoms with E-state index in [9.17, 15) is 4.79 Å². The summed E-state index contributed by atoms with van der Waals surface area (Å²) in [4.78, 5) is 14.1. The second kappa shape index (κ2) is 6.55. The highest BCUT2D eigenvalue weighted by Gasteiger charge is 2.10. The second-order valence-electron chi connectivity index (χ2n) is 4.82. The Morgan fingerprint density at radius 3 is 2.35 bits per heavy atom. The zero-order valence-electron chi connectivity index (χ0n) is 11.4. The van der Waals surface area contributed by atoms with Crippen LogP contribution < -0.4 is 0 Å². The molecular formula is C15H23NO. The Kier molecular flexibility index (Phi) is 5.36. The largest absolute Gasteiger partial charge is 0.299 e. The molecule has 1 rings (SSSR count). The van der Waals surface area contributed by atoms with Gasteiger partial charge in [-0.2, -0.15) is 0 Å². The molecule has 0 spiro atoms. The van der Waals surface area contributed by atoms with Crippen LogP contribution in [-0.4, -0.2) is 30.8 Å². The van der Waals surface area contributed by atoms with Crippen molar-refractivity contribution in [1.29, 1.82) is 0 Å². The molecule has 0 saturated heterocycles. The summed E-state index contributed by atoms with van der Waals surface area (Å²) in [6.07, 6.45) is 1.65. The van der Waals surface area contributed by atoms with Crippen LogP contribution in [0.15, 0.2) is 18.2 Å². The van der Waals surface area contributed by atoms with Crippen LogP contribution in [0.3, 0.4) is 0 Å². The van der Waals surface area contributed by atoms with Gasteiger partial charge in [-0.15, -0.1) is 0 Å². The third kappa shape index (κ3) is 4.31. The number of rotatable bonds is 6. The Bertz CT molecular complexity index is 364. The Balaban J connectivity index is 2.62. The minimum atomic E-state index is 0.304. The number of carbonyl (C=O) groups is 1. The number of benzene rings is 1. The van der Waals surface area contributed by atoms with Gasteiger partial charge in [0.15, 0.2) is 5.78 Å². The van der Waals surface area contributed by atoms with Crippen LogP contribution in [0.2, 0.25) is 0 Å². The van der Waals surface area contributed by atoms with Crippen molar-refractivity contribution < 1.29 is 4.79 Å². The van der Waals surface area contributed by atoms with Gasteiger partial charge in [-0.3, -0.25) is 9.69 Å². The number of Topliss-reactive ketones (excluding diaryl/α,β-unsaturated/α-hetero) is 1. The summed E-state index contributed by atoms with van der Waals surface area (Å²) >= 11 is 0. The van der Waals surface area contributed by atoms with Gasteiger partial charge in [-0.05, 0) is 50.6 Å². The lowest BCUT2D eigenvalue weighted by molar-refractivity contribution is -0.119. The van der Waals surface area contributed by atoms with Gasteiger partial charge < -0.3 is 0 Å². The molecule has 94 valence electrons. The fourth-order valence-electron chi connectivity index (χ4n) is 2.14. The maximum atomic E-state index is 12.0. The Labute approximate surface area is 105 Å². The standard InChI is InChI=1S/C15H23NO/c1-5-9-16(4)11-14(17)10-15-12(2)7-6-8-13(15)3/h6-8H,5,9-11H2,1-4H3. The van der Waals surface area contributed by atoms with Gasteiger partial charge in [0.1, 0.15) is 0 Å². The van der Waals surface area contributed by atoms with E-state index in [1.807, 2.05) is 13.1 Å². The molecule has 0 atom stereocenters. The average Bonchev–Trinajstić information content (AvgIpc) is 2.24. The number of ketones is 1. The van der Waals surface area contributed by atoms with Crippen LogP contribution in [0.25, 0.3) is 0 Å². The summed E-state index contributed by atoms with van der Waals surface area (Å²) < 4.78 is 0. The van der Waals surface area contributed by atoms with Crippen LogP contribution in [0, 0.1) is 13.8 Å². The van der Waals surface area contributed by atoms with Crippen molar-refractivity contribution in [1.82, 2.24) is 4.90 Å². The van der Waals surface area contributed by atoms with Crippen molar-refractivity contribution >= 4 is 5.78 Å². The lowest BCUT2D eigenvalue weighted by atomic mass is 9.98. The van der Waals surface area contributed by atoms with Crippen LogP contribution in [0.4, 0.5) is 0 Å². The van der Waals surface area contributed by atoms with E-state index in [0.29, 0.717) is 18.7 Å². The molecule has 0 aromatic heterocycles. The van der Waals surface area contributed by atoms with E-state index < -0.39 is 0 Å². The maximum absolute atomic E-state index is 12.0. The number of aryl methyl sites for hydroxylation is 2. The summed E-state index contributed by atoms with van der Waals surface area (Å²) in [7, 11) is 2.01. The Morgan fingerprint density at radius 1 is 1.24 bits per heavy atom. The van der Waals surface area contributed by atoms with Gasteiger partial charge >= 0.3 is 0 Å². The van der Waals surface area contributed by atoms with Crippen molar-refractivity contribution in [3.63, 3.8) is 0 Å². The smallest absolute Gasteiger partial charge is 0.151 e. The Morgan fingerprint density at radius 2 is 1.82 bits per heavy atom. The van der Waals surface area contributed by atoms with Gasteiger partial charge in [0.05, 0.1) is 6.54 Å². The molecule has 0 unspecified atom stereocenters.